The number of hydrogen-bond donors (Lipinski definition) is 3. The highest BCUT2D eigenvalue weighted by atomic mass is 16.6. The highest BCUT2D eigenvalue weighted by molar-refractivity contribution is 5.87. The van der Waals surface area contributed by atoms with E-state index in [0.29, 0.717) is 0 Å². The van der Waals surface area contributed by atoms with Gasteiger partial charge in [0, 0.05) is 13.0 Å². The molecular formula is C30H32N2O7. The molecule has 0 aliphatic heterocycles. The maximum absolute atomic E-state index is 13.1. The Bertz CT molecular complexity index is 1250. The molecule has 0 saturated heterocycles. The van der Waals surface area contributed by atoms with E-state index in [1.807, 2.05) is 78.9 Å². The Morgan fingerprint density at radius 1 is 0.897 bits per heavy atom. The van der Waals surface area contributed by atoms with E-state index in [9.17, 15) is 19.5 Å². The van der Waals surface area contributed by atoms with E-state index in [4.69, 9.17) is 14.2 Å². The second kappa shape index (κ2) is 13.0. The van der Waals surface area contributed by atoms with Gasteiger partial charge in [-0.3, -0.25) is 4.79 Å². The van der Waals surface area contributed by atoms with Crippen molar-refractivity contribution in [3.05, 3.63) is 95.6 Å². The van der Waals surface area contributed by atoms with Crippen LogP contribution in [0.15, 0.2) is 78.9 Å². The molecule has 1 unspecified atom stereocenters. The monoisotopic (exact) mass is 532 g/mol. The first kappa shape index (κ1) is 27.8. The normalized spacial score (nSPS) is 14.4. The SMILES string of the molecule is COC(CNC(=O)[C@H](NC(=O)OCC1c2ccccc2-c2ccccc21)[C@H](C)OCc1ccccc1)C(=O)O. The average Bonchev–Trinajstić information content (AvgIpc) is 3.27. The number of fused-ring (bicyclic) bond motifs is 3. The van der Waals surface area contributed by atoms with Gasteiger partial charge in [0.05, 0.1) is 19.3 Å². The number of carbonyl (C=O) groups excluding carboxylic acids is 2. The maximum atomic E-state index is 13.1. The van der Waals surface area contributed by atoms with Crippen molar-refractivity contribution in [2.45, 2.75) is 37.7 Å². The molecule has 0 spiro atoms. The van der Waals surface area contributed by atoms with Crippen molar-refractivity contribution in [1.29, 1.82) is 0 Å². The smallest absolute Gasteiger partial charge is 0.407 e. The van der Waals surface area contributed by atoms with Crippen LogP contribution >= 0.6 is 0 Å². The third kappa shape index (κ3) is 6.81. The molecule has 2 amide bonds. The van der Waals surface area contributed by atoms with Gasteiger partial charge < -0.3 is 30.0 Å². The molecule has 1 aliphatic rings. The van der Waals surface area contributed by atoms with Crippen LogP contribution < -0.4 is 10.6 Å². The van der Waals surface area contributed by atoms with Crippen LogP contribution in [0.1, 0.15) is 29.5 Å². The highest BCUT2D eigenvalue weighted by Gasteiger charge is 2.32. The number of nitrogens with one attached hydrogen (secondary N) is 2. The number of amides is 2. The van der Waals surface area contributed by atoms with E-state index in [0.717, 1.165) is 27.8 Å². The largest absolute Gasteiger partial charge is 0.479 e. The van der Waals surface area contributed by atoms with Gasteiger partial charge in [-0.25, -0.2) is 9.59 Å². The summed E-state index contributed by atoms with van der Waals surface area (Å²) in [5.41, 5.74) is 5.25. The van der Waals surface area contributed by atoms with Crippen molar-refractivity contribution >= 4 is 18.0 Å². The number of carboxylic acids is 1. The van der Waals surface area contributed by atoms with Crippen LogP contribution in [0.25, 0.3) is 11.1 Å². The third-order valence-electron chi connectivity index (χ3n) is 6.75. The average molecular weight is 533 g/mol. The summed E-state index contributed by atoms with van der Waals surface area (Å²) in [6.45, 7) is 1.67. The molecule has 3 aromatic carbocycles. The molecule has 1 aliphatic carbocycles. The number of methoxy groups -OCH3 is 1. The molecule has 0 saturated carbocycles. The van der Waals surface area contributed by atoms with Gasteiger partial charge in [-0.15, -0.1) is 0 Å². The Labute approximate surface area is 227 Å². The van der Waals surface area contributed by atoms with Crippen LogP contribution in [-0.4, -0.2) is 61.6 Å². The van der Waals surface area contributed by atoms with E-state index in [2.05, 4.69) is 10.6 Å². The topological polar surface area (TPSA) is 123 Å². The quantitative estimate of drug-likeness (QED) is 0.325. The summed E-state index contributed by atoms with van der Waals surface area (Å²) in [6, 6.07) is 24.3. The lowest BCUT2D eigenvalue weighted by atomic mass is 9.98. The predicted molar refractivity (Wildman–Crippen MR) is 144 cm³/mol. The van der Waals surface area contributed by atoms with Crippen molar-refractivity contribution < 1.29 is 33.7 Å². The van der Waals surface area contributed by atoms with E-state index in [-0.39, 0.29) is 25.7 Å². The number of carboxylic acid groups (broad SMARTS) is 1. The second-order valence-corrected chi connectivity index (χ2v) is 9.26. The van der Waals surface area contributed by atoms with Gasteiger partial charge in [0.25, 0.3) is 0 Å². The zero-order valence-corrected chi connectivity index (χ0v) is 21.8. The minimum atomic E-state index is -1.23. The lowest BCUT2D eigenvalue weighted by Gasteiger charge is -2.25. The van der Waals surface area contributed by atoms with Crippen LogP contribution in [-0.2, 0) is 30.4 Å². The fourth-order valence-corrected chi connectivity index (χ4v) is 4.64. The molecule has 0 heterocycles. The second-order valence-electron chi connectivity index (χ2n) is 9.26. The summed E-state index contributed by atoms with van der Waals surface area (Å²) in [6.07, 6.45) is -2.77. The van der Waals surface area contributed by atoms with Gasteiger partial charge in [-0.1, -0.05) is 78.9 Å². The van der Waals surface area contributed by atoms with Crippen LogP contribution in [0.4, 0.5) is 4.79 Å². The molecule has 0 fully saturated rings. The first-order chi connectivity index (χ1) is 18.9. The summed E-state index contributed by atoms with van der Waals surface area (Å²) in [4.78, 5) is 37.3. The Kier molecular flexibility index (Phi) is 9.30. The zero-order chi connectivity index (χ0) is 27.8. The van der Waals surface area contributed by atoms with Crippen LogP contribution in [0.3, 0.4) is 0 Å². The Hall–Kier alpha value is -4.21. The van der Waals surface area contributed by atoms with Gasteiger partial charge in [0.2, 0.25) is 5.91 Å². The van der Waals surface area contributed by atoms with E-state index in [1.165, 1.54) is 7.11 Å². The molecule has 4 rings (SSSR count). The van der Waals surface area contributed by atoms with E-state index >= 15 is 0 Å². The van der Waals surface area contributed by atoms with Crippen molar-refractivity contribution in [2.75, 3.05) is 20.3 Å². The lowest BCUT2D eigenvalue weighted by Crippen LogP contribution is -2.54. The van der Waals surface area contributed by atoms with E-state index < -0.39 is 36.2 Å². The minimum Gasteiger partial charge on any atom is -0.479 e. The number of carbonyl (C=O) groups is 3. The maximum Gasteiger partial charge on any atom is 0.407 e. The van der Waals surface area contributed by atoms with Crippen molar-refractivity contribution in [2.24, 2.45) is 0 Å². The highest BCUT2D eigenvalue weighted by Crippen LogP contribution is 2.44. The number of ether oxygens (including phenoxy) is 3. The summed E-state index contributed by atoms with van der Waals surface area (Å²) in [5, 5.41) is 14.3. The Morgan fingerprint density at radius 3 is 2.08 bits per heavy atom. The molecule has 3 atom stereocenters. The molecule has 204 valence electrons. The van der Waals surface area contributed by atoms with Crippen LogP contribution in [0, 0.1) is 0 Å². The molecule has 9 nitrogen and oxygen atoms in total. The third-order valence-corrected chi connectivity index (χ3v) is 6.75. The summed E-state index contributed by atoms with van der Waals surface area (Å²) in [7, 11) is 1.24. The van der Waals surface area contributed by atoms with E-state index in [1.54, 1.807) is 6.92 Å². The Morgan fingerprint density at radius 2 is 1.49 bits per heavy atom. The van der Waals surface area contributed by atoms with Crippen LogP contribution in [0.5, 0.6) is 0 Å². The van der Waals surface area contributed by atoms with Crippen molar-refractivity contribution in [3.8, 4) is 11.1 Å². The molecular weight excluding hydrogens is 500 g/mol. The molecule has 3 N–H and O–H groups in total. The van der Waals surface area contributed by atoms with Gasteiger partial charge in [-0.2, -0.15) is 0 Å². The van der Waals surface area contributed by atoms with Crippen molar-refractivity contribution in [1.82, 2.24) is 10.6 Å². The number of rotatable bonds is 12. The number of benzene rings is 3. The van der Waals surface area contributed by atoms with Gasteiger partial charge in [0.1, 0.15) is 12.6 Å². The molecule has 3 aromatic rings. The zero-order valence-electron chi connectivity index (χ0n) is 21.8. The number of alkyl carbamates (subject to hydrolysis) is 1. The van der Waals surface area contributed by atoms with Gasteiger partial charge in [0.15, 0.2) is 6.10 Å². The fourth-order valence-electron chi connectivity index (χ4n) is 4.64. The predicted octanol–water partition coefficient (Wildman–Crippen LogP) is 3.71. The summed E-state index contributed by atoms with van der Waals surface area (Å²) in [5.74, 6) is -1.97. The first-order valence-corrected chi connectivity index (χ1v) is 12.7. The minimum absolute atomic E-state index is 0.0816. The molecule has 39 heavy (non-hydrogen) atoms. The van der Waals surface area contributed by atoms with Crippen LogP contribution in [0.2, 0.25) is 0 Å². The fraction of sp³-hybridized carbons (Fsp3) is 0.300. The molecule has 0 radical (unpaired) electrons. The molecule has 0 bridgehead atoms. The standard InChI is InChI=1S/C30H32N2O7/c1-19(38-17-20-10-4-3-5-11-20)27(28(33)31-16-26(37-2)29(34)35)32-30(36)39-18-25-23-14-8-6-12-21(23)22-13-7-9-15-24(22)25/h3-15,19,25-27H,16-18H2,1-2H3,(H,31,33)(H,32,36)(H,34,35)/t19-,26?,27+/m0/s1. The first-order valence-electron chi connectivity index (χ1n) is 12.7. The summed E-state index contributed by atoms with van der Waals surface area (Å²) >= 11 is 0. The lowest BCUT2D eigenvalue weighted by molar-refractivity contribution is -0.148. The number of aliphatic carboxylic acids is 1. The Balaban J connectivity index is 1.43. The summed E-state index contributed by atoms with van der Waals surface area (Å²) < 4.78 is 16.4. The number of hydrogen-bond acceptors (Lipinski definition) is 6. The van der Waals surface area contributed by atoms with Gasteiger partial charge >= 0.3 is 12.1 Å². The molecule has 0 aromatic heterocycles. The van der Waals surface area contributed by atoms with Crippen molar-refractivity contribution in [3.63, 3.8) is 0 Å². The molecule has 9 heteroatoms. The van der Waals surface area contributed by atoms with Gasteiger partial charge in [-0.05, 0) is 34.7 Å².